The van der Waals surface area contributed by atoms with Gasteiger partial charge in [-0.25, -0.2) is 0 Å². The zero-order valence-corrected chi connectivity index (χ0v) is 8.38. The van der Waals surface area contributed by atoms with E-state index < -0.39 is 0 Å². The van der Waals surface area contributed by atoms with Crippen LogP contribution in [0.4, 0.5) is 0 Å². The Morgan fingerprint density at radius 3 is 2.23 bits per heavy atom. The summed E-state index contributed by atoms with van der Waals surface area (Å²) >= 11 is 0. The van der Waals surface area contributed by atoms with Crippen molar-refractivity contribution in [1.29, 1.82) is 0 Å². The van der Waals surface area contributed by atoms with Crippen molar-refractivity contribution < 1.29 is 0 Å². The zero-order valence-electron chi connectivity index (χ0n) is 8.38. The Balaban J connectivity index is 2.78. The molecule has 0 aromatic heterocycles. The van der Waals surface area contributed by atoms with E-state index in [-0.39, 0.29) is 6.04 Å². The molecule has 0 amide bonds. The van der Waals surface area contributed by atoms with Gasteiger partial charge in [0, 0.05) is 6.04 Å². The Kier molecular flexibility index (Phi) is 3.93. The summed E-state index contributed by atoms with van der Waals surface area (Å²) in [6.07, 6.45) is 2.11. The molecule has 72 valence electrons. The number of nitrogens with two attached hydrogens (primary N) is 1. The summed E-state index contributed by atoms with van der Waals surface area (Å²) in [7, 11) is 0. The molecule has 2 heteroatoms. The highest BCUT2D eigenvalue weighted by Gasteiger charge is 2.05. The average molecular weight is 178 g/mol. The lowest BCUT2D eigenvalue weighted by atomic mass is 10.0. The summed E-state index contributed by atoms with van der Waals surface area (Å²) < 4.78 is 0. The lowest BCUT2D eigenvalue weighted by molar-refractivity contribution is 0.539. The maximum Gasteiger partial charge on any atom is 0.0457 e. The highest BCUT2D eigenvalue weighted by molar-refractivity contribution is 5.24. The van der Waals surface area contributed by atoms with E-state index in [1.807, 2.05) is 0 Å². The lowest BCUT2D eigenvalue weighted by Gasteiger charge is -2.13. The molecule has 0 saturated carbocycles. The SMILES string of the molecule is CCc1ccc(C(CC)NN)cc1. The molecule has 1 atom stereocenters. The first kappa shape index (κ1) is 10.2. The summed E-state index contributed by atoms with van der Waals surface area (Å²) in [5.74, 6) is 5.44. The summed E-state index contributed by atoms with van der Waals surface area (Å²) in [4.78, 5) is 0. The van der Waals surface area contributed by atoms with Crippen molar-refractivity contribution in [3.8, 4) is 0 Å². The fourth-order valence-electron chi connectivity index (χ4n) is 1.44. The van der Waals surface area contributed by atoms with Gasteiger partial charge in [-0.15, -0.1) is 0 Å². The molecule has 2 nitrogen and oxygen atoms in total. The minimum Gasteiger partial charge on any atom is -0.271 e. The van der Waals surface area contributed by atoms with Crippen molar-refractivity contribution in [3.05, 3.63) is 35.4 Å². The Morgan fingerprint density at radius 1 is 1.23 bits per heavy atom. The van der Waals surface area contributed by atoms with E-state index in [0.717, 1.165) is 12.8 Å². The second-order valence-corrected chi connectivity index (χ2v) is 3.22. The molecule has 3 N–H and O–H groups in total. The molecule has 0 saturated heterocycles. The van der Waals surface area contributed by atoms with Gasteiger partial charge in [0.15, 0.2) is 0 Å². The molecule has 0 spiro atoms. The molecule has 0 fully saturated rings. The average Bonchev–Trinajstić information content (AvgIpc) is 2.21. The van der Waals surface area contributed by atoms with Crippen molar-refractivity contribution in [2.75, 3.05) is 0 Å². The van der Waals surface area contributed by atoms with E-state index in [2.05, 4.69) is 43.5 Å². The van der Waals surface area contributed by atoms with Crippen LogP contribution in [-0.2, 0) is 6.42 Å². The van der Waals surface area contributed by atoms with Gasteiger partial charge >= 0.3 is 0 Å². The smallest absolute Gasteiger partial charge is 0.0457 e. The number of hydrazine groups is 1. The highest BCUT2D eigenvalue weighted by atomic mass is 15.2. The number of nitrogens with one attached hydrogen (secondary N) is 1. The molecule has 0 aliphatic heterocycles. The standard InChI is InChI=1S/C11H18N2/c1-3-9-5-7-10(8-6-9)11(4-2)13-12/h5-8,11,13H,3-4,12H2,1-2H3. The number of hydrogen-bond acceptors (Lipinski definition) is 2. The van der Waals surface area contributed by atoms with Crippen LogP contribution in [0.1, 0.15) is 37.4 Å². The van der Waals surface area contributed by atoms with Crippen LogP contribution in [0.2, 0.25) is 0 Å². The molecule has 13 heavy (non-hydrogen) atoms. The van der Waals surface area contributed by atoms with E-state index >= 15 is 0 Å². The van der Waals surface area contributed by atoms with Gasteiger partial charge in [-0.05, 0) is 24.0 Å². The topological polar surface area (TPSA) is 38.0 Å². The van der Waals surface area contributed by atoms with Gasteiger partial charge in [0.05, 0.1) is 0 Å². The van der Waals surface area contributed by atoms with Gasteiger partial charge in [0.2, 0.25) is 0 Å². The fraction of sp³-hybridized carbons (Fsp3) is 0.455. The molecule has 1 rings (SSSR count). The fourth-order valence-corrected chi connectivity index (χ4v) is 1.44. The van der Waals surface area contributed by atoms with Crippen LogP contribution in [0.25, 0.3) is 0 Å². The Bertz CT molecular complexity index is 237. The molecular weight excluding hydrogens is 160 g/mol. The first-order valence-electron chi connectivity index (χ1n) is 4.86. The van der Waals surface area contributed by atoms with Crippen molar-refractivity contribution in [2.24, 2.45) is 5.84 Å². The van der Waals surface area contributed by atoms with E-state index in [4.69, 9.17) is 5.84 Å². The largest absolute Gasteiger partial charge is 0.271 e. The maximum atomic E-state index is 5.44. The maximum absolute atomic E-state index is 5.44. The second kappa shape index (κ2) is 5.00. The summed E-state index contributed by atoms with van der Waals surface area (Å²) in [5.41, 5.74) is 5.44. The van der Waals surface area contributed by atoms with Crippen LogP contribution in [0.5, 0.6) is 0 Å². The lowest BCUT2D eigenvalue weighted by Crippen LogP contribution is -2.27. The van der Waals surface area contributed by atoms with E-state index in [1.54, 1.807) is 0 Å². The predicted octanol–water partition coefficient (Wildman–Crippen LogP) is 2.16. The Hall–Kier alpha value is -0.860. The molecule has 0 aliphatic rings. The number of aryl methyl sites for hydroxylation is 1. The van der Waals surface area contributed by atoms with Crippen LogP contribution in [-0.4, -0.2) is 0 Å². The van der Waals surface area contributed by atoms with E-state index in [0.29, 0.717) is 0 Å². The minimum absolute atomic E-state index is 0.283. The van der Waals surface area contributed by atoms with Gasteiger partial charge in [-0.1, -0.05) is 38.1 Å². The normalized spacial score (nSPS) is 12.8. The van der Waals surface area contributed by atoms with Crippen LogP contribution >= 0.6 is 0 Å². The van der Waals surface area contributed by atoms with Gasteiger partial charge in [0.1, 0.15) is 0 Å². The molecule has 0 bridgehead atoms. The Morgan fingerprint density at radius 2 is 1.85 bits per heavy atom. The third-order valence-corrected chi connectivity index (χ3v) is 2.40. The van der Waals surface area contributed by atoms with Gasteiger partial charge in [0.25, 0.3) is 0 Å². The van der Waals surface area contributed by atoms with Crippen molar-refractivity contribution in [1.82, 2.24) is 5.43 Å². The molecule has 1 aromatic carbocycles. The van der Waals surface area contributed by atoms with Crippen LogP contribution in [0.15, 0.2) is 24.3 Å². The second-order valence-electron chi connectivity index (χ2n) is 3.22. The van der Waals surface area contributed by atoms with Crippen molar-refractivity contribution in [2.45, 2.75) is 32.7 Å². The summed E-state index contributed by atoms with van der Waals surface area (Å²) in [6.45, 7) is 4.28. The first-order chi connectivity index (χ1) is 6.31. The first-order valence-corrected chi connectivity index (χ1v) is 4.86. The highest BCUT2D eigenvalue weighted by Crippen LogP contribution is 2.16. The van der Waals surface area contributed by atoms with Crippen LogP contribution in [0, 0.1) is 0 Å². The van der Waals surface area contributed by atoms with Crippen molar-refractivity contribution >= 4 is 0 Å². The molecule has 0 aliphatic carbocycles. The van der Waals surface area contributed by atoms with E-state index in [9.17, 15) is 0 Å². The third kappa shape index (κ3) is 2.54. The third-order valence-electron chi connectivity index (χ3n) is 2.40. The molecule has 1 aromatic rings. The molecule has 0 heterocycles. The minimum atomic E-state index is 0.283. The molecule has 0 radical (unpaired) electrons. The van der Waals surface area contributed by atoms with Gasteiger partial charge in [-0.3, -0.25) is 11.3 Å². The number of benzene rings is 1. The molecular formula is C11H18N2. The zero-order chi connectivity index (χ0) is 9.68. The van der Waals surface area contributed by atoms with Crippen LogP contribution in [0.3, 0.4) is 0 Å². The number of rotatable bonds is 4. The van der Waals surface area contributed by atoms with Gasteiger partial charge in [-0.2, -0.15) is 0 Å². The van der Waals surface area contributed by atoms with Gasteiger partial charge < -0.3 is 0 Å². The monoisotopic (exact) mass is 178 g/mol. The number of hydrogen-bond donors (Lipinski definition) is 2. The summed E-state index contributed by atoms with van der Waals surface area (Å²) in [5, 5.41) is 0. The molecule has 1 unspecified atom stereocenters. The van der Waals surface area contributed by atoms with Crippen LogP contribution < -0.4 is 11.3 Å². The predicted molar refractivity (Wildman–Crippen MR) is 56.2 cm³/mol. The quantitative estimate of drug-likeness (QED) is 0.547. The summed E-state index contributed by atoms with van der Waals surface area (Å²) in [6, 6.07) is 8.90. The van der Waals surface area contributed by atoms with E-state index in [1.165, 1.54) is 11.1 Å². The van der Waals surface area contributed by atoms with Crippen molar-refractivity contribution in [3.63, 3.8) is 0 Å². The Labute approximate surface area is 80.1 Å².